The van der Waals surface area contributed by atoms with Crippen LogP contribution in [0.5, 0.6) is 0 Å². The van der Waals surface area contributed by atoms with Crippen molar-refractivity contribution < 1.29 is 0 Å². The first-order valence-corrected chi connectivity index (χ1v) is 15.3. The first-order valence-electron chi connectivity index (χ1n) is 15.3. The second-order valence-electron chi connectivity index (χ2n) is 10.4. The Morgan fingerprint density at radius 3 is 1.03 bits per heavy atom. The second-order valence-corrected chi connectivity index (χ2v) is 10.4. The molecule has 0 radical (unpaired) electrons. The molecule has 0 aromatic heterocycles. The highest BCUT2D eigenvalue weighted by atomic mass is 15.1. The first kappa shape index (κ1) is 32.0. The summed E-state index contributed by atoms with van der Waals surface area (Å²) in [5.74, 6) is 5.97. The summed E-state index contributed by atoms with van der Waals surface area (Å²) in [7, 11) is 0. The molecule has 1 rings (SSSR count). The Hall–Kier alpha value is -2.06. The van der Waals surface area contributed by atoms with Crippen molar-refractivity contribution in [3.05, 3.63) is 23.3 Å². The second kappa shape index (κ2) is 21.1. The van der Waals surface area contributed by atoms with Gasteiger partial charge in [-0.15, -0.1) is 12.8 Å². The number of benzene rings is 1. The summed E-state index contributed by atoms with van der Waals surface area (Å²) in [5.41, 5.74) is 4.34. The lowest BCUT2D eigenvalue weighted by atomic mass is 10.0. The summed E-state index contributed by atoms with van der Waals surface area (Å²) in [5, 5.41) is 0. The van der Waals surface area contributed by atoms with E-state index in [1.165, 1.54) is 114 Å². The lowest BCUT2D eigenvalue weighted by molar-refractivity contribution is 0.605. The number of anilines is 2. The molecule has 0 fully saturated rings. The van der Waals surface area contributed by atoms with E-state index in [2.05, 4.69) is 61.5 Å². The Morgan fingerprint density at radius 1 is 0.472 bits per heavy atom. The van der Waals surface area contributed by atoms with Crippen LogP contribution in [0.3, 0.4) is 0 Å². The minimum absolute atomic E-state index is 0.953. The molecule has 0 spiro atoms. The van der Waals surface area contributed by atoms with E-state index in [1.54, 1.807) is 0 Å². The average Bonchev–Trinajstić information content (AvgIpc) is 2.90. The Morgan fingerprint density at radius 2 is 0.778 bits per heavy atom. The van der Waals surface area contributed by atoms with Gasteiger partial charge in [-0.05, 0) is 37.8 Å². The molecule has 0 amide bonds. The van der Waals surface area contributed by atoms with E-state index in [0.29, 0.717) is 0 Å². The number of hydrogen-bond donors (Lipinski definition) is 0. The number of rotatable bonds is 22. The summed E-state index contributed by atoms with van der Waals surface area (Å²) in [6.45, 7) is 13.4. The van der Waals surface area contributed by atoms with Crippen molar-refractivity contribution in [3.8, 4) is 24.7 Å². The molecule has 36 heavy (non-hydrogen) atoms. The summed E-state index contributed by atoms with van der Waals surface area (Å²) >= 11 is 0. The predicted octanol–water partition coefficient (Wildman–Crippen LogP) is 9.58. The van der Waals surface area contributed by atoms with Crippen LogP contribution in [0.4, 0.5) is 11.4 Å². The third-order valence-electron chi connectivity index (χ3n) is 7.23. The molecule has 2 nitrogen and oxygen atoms in total. The third-order valence-corrected chi connectivity index (χ3v) is 7.23. The van der Waals surface area contributed by atoms with Crippen LogP contribution < -0.4 is 9.80 Å². The Bertz CT molecular complexity index is 681. The Kier molecular flexibility index (Phi) is 18.7. The van der Waals surface area contributed by atoms with Gasteiger partial charge in [-0.1, -0.05) is 117 Å². The van der Waals surface area contributed by atoms with Gasteiger partial charge in [0.1, 0.15) is 0 Å². The molecule has 0 atom stereocenters. The maximum absolute atomic E-state index is 6.06. The molecule has 1 aromatic carbocycles. The van der Waals surface area contributed by atoms with Crippen molar-refractivity contribution in [2.45, 2.75) is 130 Å². The molecule has 0 unspecified atom stereocenters. The van der Waals surface area contributed by atoms with Crippen LogP contribution in [0, 0.1) is 24.7 Å². The van der Waals surface area contributed by atoms with Gasteiger partial charge >= 0.3 is 0 Å². The average molecular weight is 493 g/mol. The van der Waals surface area contributed by atoms with Crippen LogP contribution in [0.1, 0.15) is 142 Å². The summed E-state index contributed by atoms with van der Waals surface area (Å²) in [4.78, 5) is 5.13. The van der Waals surface area contributed by atoms with Gasteiger partial charge in [-0.2, -0.15) is 0 Å². The fourth-order valence-corrected chi connectivity index (χ4v) is 4.95. The van der Waals surface area contributed by atoms with E-state index in [4.69, 9.17) is 12.8 Å². The topological polar surface area (TPSA) is 6.48 Å². The van der Waals surface area contributed by atoms with Gasteiger partial charge in [-0.25, -0.2) is 0 Å². The Balaban J connectivity index is 3.29. The van der Waals surface area contributed by atoms with Gasteiger partial charge in [0.2, 0.25) is 0 Å². The van der Waals surface area contributed by atoms with Gasteiger partial charge in [0.15, 0.2) is 0 Å². The molecule has 0 N–H and O–H groups in total. The van der Waals surface area contributed by atoms with E-state index in [0.717, 1.165) is 37.3 Å². The van der Waals surface area contributed by atoms with Gasteiger partial charge < -0.3 is 9.80 Å². The normalized spacial score (nSPS) is 10.7. The highest BCUT2D eigenvalue weighted by Gasteiger charge is 2.18. The predicted molar refractivity (Wildman–Crippen MR) is 163 cm³/mol. The zero-order chi connectivity index (χ0) is 26.4. The van der Waals surface area contributed by atoms with Gasteiger partial charge in [-0.3, -0.25) is 0 Å². The molecule has 202 valence electrons. The van der Waals surface area contributed by atoms with Crippen LogP contribution in [0.25, 0.3) is 0 Å². The van der Waals surface area contributed by atoms with Crippen molar-refractivity contribution in [1.29, 1.82) is 0 Å². The summed E-state index contributed by atoms with van der Waals surface area (Å²) in [6.07, 6.45) is 32.4. The van der Waals surface area contributed by atoms with E-state index < -0.39 is 0 Å². The third kappa shape index (κ3) is 12.3. The van der Waals surface area contributed by atoms with Gasteiger partial charge in [0.05, 0.1) is 11.4 Å². The standard InChI is InChI=1S/C34H56N2/c1-7-13-17-21-25-35(26-22-18-14-8-2)33-30-34(32(12-6)29-31(33)11-5)36(27-23-19-15-9-3)28-24-20-16-10-4/h5-6,29-30H,7-10,13-28H2,1-4H3. The van der Waals surface area contributed by atoms with E-state index >= 15 is 0 Å². The number of terminal acetylenes is 2. The summed E-state index contributed by atoms with van der Waals surface area (Å²) in [6, 6.07) is 4.46. The van der Waals surface area contributed by atoms with Crippen molar-refractivity contribution in [2.24, 2.45) is 0 Å². The van der Waals surface area contributed by atoms with Crippen LogP contribution in [-0.4, -0.2) is 26.2 Å². The smallest absolute Gasteiger partial charge is 0.0546 e. The fraction of sp³-hybridized carbons (Fsp3) is 0.706. The minimum atomic E-state index is 0.953. The van der Waals surface area contributed by atoms with Crippen LogP contribution >= 0.6 is 0 Å². The van der Waals surface area contributed by atoms with Gasteiger partial charge in [0, 0.05) is 37.3 Å². The molecule has 0 saturated heterocycles. The number of unbranched alkanes of at least 4 members (excludes halogenated alkanes) is 12. The molecule has 0 aliphatic heterocycles. The van der Waals surface area contributed by atoms with Crippen LogP contribution in [0.2, 0.25) is 0 Å². The quantitative estimate of drug-likeness (QED) is 0.117. The molecule has 1 aromatic rings. The zero-order valence-corrected chi connectivity index (χ0v) is 24.3. The molecule has 0 aliphatic carbocycles. The van der Waals surface area contributed by atoms with E-state index in [1.807, 2.05) is 0 Å². The molecular weight excluding hydrogens is 436 g/mol. The lowest BCUT2D eigenvalue weighted by Crippen LogP contribution is -2.29. The lowest BCUT2D eigenvalue weighted by Gasteiger charge is -2.31. The molecule has 0 saturated carbocycles. The van der Waals surface area contributed by atoms with Crippen LogP contribution in [-0.2, 0) is 0 Å². The maximum Gasteiger partial charge on any atom is 0.0546 e. The fourth-order valence-electron chi connectivity index (χ4n) is 4.95. The molecular formula is C34H56N2. The molecule has 2 heteroatoms. The van der Waals surface area contributed by atoms with Crippen molar-refractivity contribution in [2.75, 3.05) is 36.0 Å². The van der Waals surface area contributed by atoms with Crippen molar-refractivity contribution in [3.63, 3.8) is 0 Å². The highest BCUT2D eigenvalue weighted by molar-refractivity contribution is 5.74. The number of hydrogen-bond acceptors (Lipinski definition) is 2. The zero-order valence-electron chi connectivity index (χ0n) is 24.3. The van der Waals surface area contributed by atoms with E-state index in [9.17, 15) is 0 Å². The Labute approximate surface area is 225 Å². The van der Waals surface area contributed by atoms with Crippen molar-refractivity contribution in [1.82, 2.24) is 0 Å². The first-order chi connectivity index (χ1) is 17.7. The molecule has 0 heterocycles. The SMILES string of the molecule is C#Cc1cc(C#C)c(N(CCCCCC)CCCCCC)cc1N(CCCCCC)CCCCCC. The largest absolute Gasteiger partial charge is 0.370 e. The summed E-state index contributed by atoms with van der Waals surface area (Å²) < 4.78 is 0. The number of nitrogens with zero attached hydrogens (tertiary/aromatic N) is 2. The molecule has 0 aliphatic rings. The van der Waals surface area contributed by atoms with Crippen molar-refractivity contribution >= 4 is 11.4 Å². The minimum Gasteiger partial charge on any atom is -0.370 e. The highest BCUT2D eigenvalue weighted by Crippen LogP contribution is 2.32. The van der Waals surface area contributed by atoms with E-state index in [-0.39, 0.29) is 0 Å². The molecule has 0 bridgehead atoms. The van der Waals surface area contributed by atoms with Crippen LogP contribution in [0.15, 0.2) is 12.1 Å². The van der Waals surface area contributed by atoms with Gasteiger partial charge in [0.25, 0.3) is 0 Å². The monoisotopic (exact) mass is 492 g/mol. The maximum atomic E-state index is 6.06.